The molecule has 0 atom stereocenters. The molecule has 6 nitrogen and oxygen atoms in total. The second-order valence-corrected chi connectivity index (χ2v) is 8.49. The number of rotatable bonds is 6. The highest BCUT2D eigenvalue weighted by Gasteiger charge is 2.33. The first-order valence-electron chi connectivity index (χ1n) is 10.5. The van der Waals surface area contributed by atoms with Gasteiger partial charge in [-0.05, 0) is 23.8 Å². The van der Waals surface area contributed by atoms with Crippen LogP contribution in [0.2, 0.25) is 0 Å². The maximum atomic E-state index is 13.1. The van der Waals surface area contributed by atoms with Crippen LogP contribution in [0.4, 0.5) is 23.9 Å². The van der Waals surface area contributed by atoms with E-state index in [-0.39, 0.29) is 0 Å². The Bertz CT molecular complexity index is 1160. The molecule has 178 valence electrons. The van der Waals surface area contributed by atoms with Crippen LogP contribution in [0.1, 0.15) is 15.2 Å². The zero-order chi connectivity index (χ0) is 24.1. The molecule has 3 aromatic rings. The summed E-state index contributed by atoms with van der Waals surface area (Å²) in [6.07, 6.45) is -4.62. The summed E-state index contributed by atoms with van der Waals surface area (Å²) in [5, 5.41) is 3.06. The standard InChI is InChI=1S/C24H21F3N2O4S/c25-24(26,27)18-8-4-5-9-19(18)28-21(30)15-33-23(31)20-14-17(16-6-2-1-3-7-16)22(34-20)29-10-12-32-13-11-29/h1-9,14H,10-13,15H2,(H,28,30). The molecule has 0 saturated carbocycles. The molecule has 2 aromatic carbocycles. The lowest BCUT2D eigenvalue weighted by atomic mass is 10.1. The Morgan fingerprint density at radius 2 is 1.71 bits per heavy atom. The lowest BCUT2D eigenvalue weighted by molar-refractivity contribution is -0.137. The molecule has 1 amide bonds. The Kier molecular flexibility index (Phi) is 7.18. The number of esters is 1. The lowest BCUT2D eigenvalue weighted by Crippen LogP contribution is -2.35. The highest BCUT2D eigenvalue weighted by atomic mass is 32.1. The molecule has 0 radical (unpaired) electrons. The summed E-state index contributed by atoms with van der Waals surface area (Å²) >= 11 is 1.25. The first-order chi connectivity index (χ1) is 16.3. The second-order valence-electron chi connectivity index (χ2n) is 7.46. The molecule has 4 rings (SSSR count). The monoisotopic (exact) mass is 490 g/mol. The minimum Gasteiger partial charge on any atom is -0.451 e. The number of nitrogens with zero attached hydrogens (tertiary/aromatic N) is 1. The smallest absolute Gasteiger partial charge is 0.418 e. The summed E-state index contributed by atoms with van der Waals surface area (Å²) in [6, 6.07) is 15.9. The van der Waals surface area contributed by atoms with Gasteiger partial charge in [0.1, 0.15) is 4.88 Å². The van der Waals surface area contributed by atoms with E-state index in [0.29, 0.717) is 31.2 Å². The van der Waals surface area contributed by atoms with Crippen LogP contribution in [0.25, 0.3) is 11.1 Å². The van der Waals surface area contributed by atoms with Gasteiger partial charge in [0, 0.05) is 18.7 Å². The van der Waals surface area contributed by atoms with E-state index in [9.17, 15) is 22.8 Å². The number of para-hydroxylation sites is 1. The fraction of sp³-hybridized carbons (Fsp3) is 0.250. The Hall–Kier alpha value is -3.37. The minimum absolute atomic E-state index is 0.295. The van der Waals surface area contributed by atoms with Gasteiger partial charge >= 0.3 is 12.1 Å². The summed E-state index contributed by atoms with van der Waals surface area (Å²) < 4.78 is 49.9. The van der Waals surface area contributed by atoms with Gasteiger partial charge in [-0.3, -0.25) is 4.79 Å². The largest absolute Gasteiger partial charge is 0.451 e. The molecule has 0 spiro atoms. The van der Waals surface area contributed by atoms with Crippen molar-refractivity contribution in [2.75, 3.05) is 43.1 Å². The van der Waals surface area contributed by atoms with Crippen molar-refractivity contribution in [3.63, 3.8) is 0 Å². The predicted molar refractivity (Wildman–Crippen MR) is 123 cm³/mol. The summed E-state index contributed by atoms with van der Waals surface area (Å²) in [6.45, 7) is 1.79. The van der Waals surface area contributed by atoms with Gasteiger partial charge in [0.05, 0.1) is 29.5 Å². The number of hydrogen-bond acceptors (Lipinski definition) is 6. The van der Waals surface area contributed by atoms with Crippen LogP contribution in [0.5, 0.6) is 0 Å². The molecule has 0 aliphatic carbocycles. The molecule has 10 heteroatoms. The van der Waals surface area contributed by atoms with Gasteiger partial charge in [-0.1, -0.05) is 42.5 Å². The normalized spacial score (nSPS) is 14.0. The van der Waals surface area contributed by atoms with Crippen LogP contribution in [0, 0.1) is 0 Å². The average Bonchev–Trinajstić information content (AvgIpc) is 3.29. The topological polar surface area (TPSA) is 67.9 Å². The van der Waals surface area contributed by atoms with Crippen molar-refractivity contribution in [2.45, 2.75) is 6.18 Å². The van der Waals surface area contributed by atoms with Crippen LogP contribution in [-0.4, -0.2) is 44.8 Å². The number of anilines is 2. The Morgan fingerprint density at radius 1 is 1.03 bits per heavy atom. The van der Waals surface area contributed by atoms with Crippen molar-refractivity contribution >= 4 is 33.9 Å². The van der Waals surface area contributed by atoms with Crippen LogP contribution in [0.15, 0.2) is 60.7 Å². The third-order valence-corrected chi connectivity index (χ3v) is 6.31. The molecule has 2 heterocycles. The predicted octanol–water partition coefficient (Wildman–Crippen LogP) is 5.07. The van der Waals surface area contributed by atoms with E-state index in [1.54, 1.807) is 6.07 Å². The summed E-state index contributed by atoms with van der Waals surface area (Å²) in [5.41, 5.74) is 0.424. The Labute approximate surface area is 197 Å². The van der Waals surface area contributed by atoms with Gasteiger partial charge in [-0.15, -0.1) is 11.3 Å². The summed E-state index contributed by atoms with van der Waals surface area (Å²) in [4.78, 5) is 27.3. The number of nitrogens with one attached hydrogen (secondary N) is 1. The molecule has 1 aliphatic heterocycles. The van der Waals surface area contributed by atoms with Crippen molar-refractivity contribution in [3.8, 4) is 11.1 Å². The van der Waals surface area contributed by atoms with E-state index >= 15 is 0 Å². The molecule has 1 aromatic heterocycles. The van der Waals surface area contributed by atoms with Crippen molar-refractivity contribution in [1.82, 2.24) is 0 Å². The zero-order valence-corrected chi connectivity index (χ0v) is 18.7. The maximum absolute atomic E-state index is 13.1. The molecule has 1 aliphatic rings. The molecule has 1 N–H and O–H groups in total. The van der Waals surface area contributed by atoms with E-state index in [4.69, 9.17) is 9.47 Å². The summed E-state index contributed by atoms with van der Waals surface area (Å²) in [5.74, 6) is -1.58. The number of halogens is 3. The number of hydrogen-bond donors (Lipinski definition) is 1. The van der Waals surface area contributed by atoms with E-state index in [1.807, 2.05) is 30.3 Å². The van der Waals surface area contributed by atoms with E-state index in [1.165, 1.54) is 23.5 Å². The fourth-order valence-electron chi connectivity index (χ4n) is 3.54. The van der Waals surface area contributed by atoms with Gasteiger partial charge in [0.15, 0.2) is 6.61 Å². The number of morpholine rings is 1. The first kappa shape index (κ1) is 23.8. The van der Waals surface area contributed by atoms with E-state index in [0.717, 1.165) is 28.3 Å². The average molecular weight is 491 g/mol. The molecular weight excluding hydrogens is 469 g/mol. The third-order valence-electron chi connectivity index (χ3n) is 5.14. The molecule has 0 unspecified atom stereocenters. The summed E-state index contributed by atoms with van der Waals surface area (Å²) in [7, 11) is 0. The maximum Gasteiger partial charge on any atom is 0.418 e. The molecule has 0 bridgehead atoms. The molecule has 1 saturated heterocycles. The van der Waals surface area contributed by atoms with Crippen molar-refractivity contribution in [2.24, 2.45) is 0 Å². The van der Waals surface area contributed by atoms with Crippen molar-refractivity contribution in [3.05, 3.63) is 71.1 Å². The van der Waals surface area contributed by atoms with Crippen molar-refractivity contribution < 1.29 is 32.2 Å². The number of benzene rings is 2. The third kappa shape index (κ3) is 5.57. The quantitative estimate of drug-likeness (QED) is 0.489. The van der Waals surface area contributed by atoms with Crippen molar-refractivity contribution in [1.29, 1.82) is 0 Å². The number of carbonyl (C=O) groups is 2. The lowest BCUT2D eigenvalue weighted by Gasteiger charge is -2.28. The first-order valence-corrected chi connectivity index (χ1v) is 11.3. The van der Waals surface area contributed by atoms with Gasteiger partial charge in [-0.2, -0.15) is 13.2 Å². The van der Waals surface area contributed by atoms with Gasteiger partial charge in [0.2, 0.25) is 0 Å². The number of thiophene rings is 1. The molecular formula is C24H21F3N2O4S. The van der Waals surface area contributed by atoms with Gasteiger partial charge in [0.25, 0.3) is 5.91 Å². The minimum atomic E-state index is -4.62. The van der Waals surface area contributed by atoms with Crippen LogP contribution < -0.4 is 10.2 Å². The van der Waals surface area contributed by atoms with Gasteiger partial charge < -0.3 is 19.7 Å². The highest BCUT2D eigenvalue weighted by Crippen LogP contribution is 2.40. The van der Waals surface area contributed by atoms with E-state index in [2.05, 4.69) is 10.2 Å². The number of amides is 1. The molecule has 34 heavy (non-hydrogen) atoms. The fourth-order valence-corrected chi connectivity index (χ4v) is 4.66. The SMILES string of the molecule is O=C(COC(=O)c1cc(-c2ccccc2)c(N2CCOCC2)s1)Nc1ccccc1C(F)(F)F. The second kappa shape index (κ2) is 10.3. The Morgan fingerprint density at radius 3 is 2.41 bits per heavy atom. The van der Waals surface area contributed by atoms with Crippen LogP contribution >= 0.6 is 11.3 Å². The Balaban J connectivity index is 1.47. The molecule has 1 fully saturated rings. The number of ether oxygens (including phenoxy) is 2. The van der Waals surface area contributed by atoms with E-state index < -0.39 is 35.9 Å². The van der Waals surface area contributed by atoms with Crippen LogP contribution in [-0.2, 0) is 20.4 Å². The van der Waals surface area contributed by atoms with Crippen LogP contribution in [0.3, 0.4) is 0 Å². The number of carbonyl (C=O) groups excluding carboxylic acids is 2. The zero-order valence-electron chi connectivity index (χ0n) is 17.9. The highest BCUT2D eigenvalue weighted by molar-refractivity contribution is 7.18. The number of alkyl halides is 3. The van der Waals surface area contributed by atoms with Gasteiger partial charge in [-0.25, -0.2) is 4.79 Å².